The topological polar surface area (TPSA) is 67.2 Å². The molecular weight excluding hydrogens is 250 g/mol. The van der Waals surface area contributed by atoms with E-state index in [2.05, 4.69) is 22.5 Å². The summed E-state index contributed by atoms with van der Waals surface area (Å²) >= 11 is 0. The number of hydrogen-bond acceptors (Lipinski definition) is 2. The summed E-state index contributed by atoms with van der Waals surface area (Å²) in [7, 11) is 0. The van der Waals surface area contributed by atoms with Gasteiger partial charge in [0.05, 0.1) is 12.2 Å². The largest absolute Gasteiger partial charge is 0.335 e. The molecule has 20 heavy (non-hydrogen) atoms. The lowest BCUT2D eigenvalue weighted by Gasteiger charge is -2.14. The second kappa shape index (κ2) is 6.97. The Morgan fingerprint density at radius 2 is 2.15 bits per heavy atom. The summed E-state index contributed by atoms with van der Waals surface area (Å²) in [5.74, 6) is 5.82. The summed E-state index contributed by atoms with van der Waals surface area (Å²) in [6.45, 7) is 2.30. The quantitative estimate of drug-likeness (QED) is 0.723. The first-order valence-corrected chi connectivity index (χ1v) is 7.06. The predicted molar refractivity (Wildman–Crippen MR) is 81.5 cm³/mol. The normalized spacial score (nSPS) is 14.5. The van der Waals surface area contributed by atoms with E-state index < -0.39 is 0 Å². The van der Waals surface area contributed by atoms with Gasteiger partial charge in [0.2, 0.25) is 0 Å². The molecule has 1 fully saturated rings. The Morgan fingerprint density at radius 1 is 1.40 bits per heavy atom. The number of benzene rings is 1. The van der Waals surface area contributed by atoms with Crippen LogP contribution in [0.1, 0.15) is 36.8 Å². The van der Waals surface area contributed by atoms with E-state index in [-0.39, 0.29) is 6.03 Å². The highest BCUT2D eigenvalue weighted by atomic mass is 16.2. The molecule has 1 aliphatic carbocycles. The Labute approximate surface area is 120 Å². The molecule has 1 aliphatic rings. The van der Waals surface area contributed by atoms with Crippen LogP contribution >= 0.6 is 0 Å². The van der Waals surface area contributed by atoms with E-state index >= 15 is 0 Å². The van der Waals surface area contributed by atoms with Crippen LogP contribution in [0, 0.1) is 18.8 Å². The summed E-state index contributed by atoms with van der Waals surface area (Å²) in [6, 6.07) is 5.94. The van der Waals surface area contributed by atoms with Gasteiger partial charge in [-0.15, -0.1) is 0 Å². The summed E-state index contributed by atoms with van der Waals surface area (Å²) < 4.78 is 0. The highest BCUT2D eigenvalue weighted by Gasteiger charge is 2.17. The first-order valence-electron chi connectivity index (χ1n) is 7.06. The van der Waals surface area contributed by atoms with Crippen molar-refractivity contribution in [3.05, 3.63) is 29.3 Å². The molecule has 0 heterocycles. The lowest BCUT2D eigenvalue weighted by Crippen LogP contribution is -2.36. The number of carbonyl (C=O) groups excluding carboxylic acids is 1. The summed E-state index contributed by atoms with van der Waals surface area (Å²) in [5.41, 5.74) is 8.04. The number of carbonyl (C=O) groups is 1. The SMILES string of the molecule is Cc1ccc(NC(=O)NC2CCCC2)c(C#CCN)c1. The number of nitrogens with one attached hydrogen (secondary N) is 2. The molecule has 1 aromatic carbocycles. The highest BCUT2D eigenvalue weighted by molar-refractivity contribution is 5.91. The summed E-state index contributed by atoms with van der Waals surface area (Å²) in [4.78, 5) is 12.0. The number of hydrogen-bond donors (Lipinski definition) is 3. The minimum absolute atomic E-state index is 0.156. The second-order valence-electron chi connectivity index (χ2n) is 5.13. The predicted octanol–water partition coefficient (Wildman–Crippen LogP) is 2.37. The smallest absolute Gasteiger partial charge is 0.319 e. The number of amides is 2. The lowest BCUT2D eigenvalue weighted by molar-refractivity contribution is 0.248. The van der Waals surface area contributed by atoms with E-state index in [0.29, 0.717) is 12.6 Å². The van der Waals surface area contributed by atoms with Crippen molar-refractivity contribution in [3.63, 3.8) is 0 Å². The van der Waals surface area contributed by atoms with Crippen LogP contribution < -0.4 is 16.4 Å². The van der Waals surface area contributed by atoms with Gasteiger partial charge < -0.3 is 16.4 Å². The number of anilines is 1. The summed E-state index contributed by atoms with van der Waals surface area (Å²) in [5, 5.41) is 5.88. The van der Waals surface area contributed by atoms with Crippen molar-refractivity contribution in [1.82, 2.24) is 5.32 Å². The van der Waals surface area contributed by atoms with Crippen molar-refractivity contribution in [1.29, 1.82) is 0 Å². The number of aryl methyl sites for hydroxylation is 1. The monoisotopic (exact) mass is 271 g/mol. The van der Waals surface area contributed by atoms with Crippen molar-refractivity contribution in [2.45, 2.75) is 38.6 Å². The third-order valence-corrected chi connectivity index (χ3v) is 3.44. The van der Waals surface area contributed by atoms with Gasteiger partial charge in [0, 0.05) is 11.6 Å². The average Bonchev–Trinajstić information content (AvgIpc) is 2.91. The zero-order valence-electron chi connectivity index (χ0n) is 11.8. The molecule has 2 rings (SSSR count). The van der Waals surface area contributed by atoms with Crippen LogP contribution in [0.2, 0.25) is 0 Å². The molecule has 0 radical (unpaired) electrons. The van der Waals surface area contributed by atoms with Crippen molar-refractivity contribution in [2.75, 3.05) is 11.9 Å². The van der Waals surface area contributed by atoms with Crippen LogP contribution in [-0.4, -0.2) is 18.6 Å². The van der Waals surface area contributed by atoms with Gasteiger partial charge in [-0.3, -0.25) is 0 Å². The van der Waals surface area contributed by atoms with Crippen molar-refractivity contribution >= 4 is 11.7 Å². The maximum absolute atomic E-state index is 12.0. The van der Waals surface area contributed by atoms with E-state index in [9.17, 15) is 4.79 Å². The molecule has 106 valence electrons. The first-order chi connectivity index (χ1) is 9.69. The second-order valence-corrected chi connectivity index (χ2v) is 5.13. The maximum atomic E-state index is 12.0. The van der Waals surface area contributed by atoms with Gasteiger partial charge in [0.1, 0.15) is 0 Å². The molecule has 0 spiro atoms. The molecule has 0 saturated heterocycles. The lowest BCUT2D eigenvalue weighted by atomic mass is 10.1. The zero-order chi connectivity index (χ0) is 14.4. The molecule has 0 unspecified atom stereocenters. The molecule has 4 nitrogen and oxygen atoms in total. The number of rotatable bonds is 2. The minimum Gasteiger partial charge on any atom is -0.335 e. The summed E-state index contributed by atoms with van der Waals surface area (Å²) in [6.07, 6.45) is 4.54. The molecule has 4 N–H and O–H groups in total. The van der Waals surface area contributed by atoms with E-state index in [1.807, 2.05) is 25.1 Å². The van der Waals surface area contributed by atoms with Crippen molar-refractivity contribution in [2.24, 2.45) is 5.73 Å². The fourth-order valence-corrected chi connectivity index (χ4v) is 2.43. The van der Waals surface area contributed by atoms with Crippen LogP contribution in [0.15, 0.2) is 18.2 Å². The Kier molecular flexibility index (Phi) is 5.03. The molecule has 0 bridgehead atoms. The van der Waals surface area contributed by atoms with Gasteiger partial charge in [-0.2, -0.15) is 0 Å². The van der Waals surface area contributed by atoms with E-state index in [0.717, 1.165) is 29.7 Å². The number of nitrogens with two attached hydrogens (primary N) is 1. The fourth-order valence-electron chi connectivity index (χ4n) is 2.43. The molecule has 4 heteroatoms. The van der Waals surface area contributed by atoms with Gasteiger partial charge >= 0.3 is 6.03 Å². The standard InChI is InChI=1S/C16H21N3O/c1-12-8-9-15(13(11-12)5-4-10-17)19-16(20)18-14-6-2-3-7-14/h8-9,11,14H,2-3,6-7,10,17H2,1H3,(H2,18,19,20). The Balaban J connectivity index is 2.05. The van der Waals surface area contributed by atoms with E-state index in [1.165, 1.54) is 12.8 Å². The van der Waals surface area contributed by atoms with Crippen molar-refractivity contribution < 1.29 is 4.79 Å². The Morgan fingerprint density at radius 3 is 2.85 bits per heavy atom. The Bertz CT molecular complexity index is 536. The van der Waals surface area contributed by atoms with Crippen LogP contribution in [-0.2, 0) is 0 Å². The van der Waals surface area contributed by atoms with Crippen LogP contribution in [0.5, 0.6) is 0 Å². The van der Waals surface area contributed by atoms with Gasteiger partial charge in [-0.1, -0.05) is 30.7 Å². The van der Waals surface area contributed by atoms with E-state index in [4.69, 9.17) is 5.73 Å². The third-order valence-electron chi connectivity index (χ3n) is 3.44. The minimum atomic E-state index is -0.156. The zero-order valence-corrected chi connectivity index (χ0v) is 11.8. The average molecular weight is 271 g/mol. The molecule has 1 saturated carbocycles. The maximum Gasteiger partial charge on any atom is 0.319 e. The van der Waals surface area contributed by atoms with E-state index in [1.54, 1.807) is 0 Å². The molecular formula is C16H21N3O. The molecule has 0 aliphatic heterocycles. The fraction of sp³-hybridized carbons (Fsp3) is 0.438. The van der Waals surface area contributed by atoms with Crippen LogP contribution in [0.3, 0.4) is 0 Å². The molecule has 0 aromatic heterocycles. The van der Waals surface area contributed by atoms with Crippen LogP contribution in [0.25, 0.3) is 0 Å². The first kappa shape index (κ1) is 14.4. The number of urea groups is 1. The Hall–Kier alpha value is -1.99. The van der Waals surface area contributed by atoms with Gasteiger partial charge in [0.15, 0.2) is 0 Å². The van der Waals surface area contributed by atoms with Gasteiger partial charge in [0.25, 0.3) is 0 Å². The molecule has 0 atom stereocenters. The van der Waals surface area contributed by atoms with Crippen molar-refractivity contribution in [3.8, 4) is 11.8 Å². The van der Waals surface area contributed by atoms with Crippen LogP contribution in [0.4, 0.5) is 10.5 Å². The molecule has 2 amide bonds. The van der Waals surface area contributed by atoms with Gasteiger partial charge in [-0.25, -0.2) is 4.79 Å². The molecule has 1 aromatic rings. The highest BCUT2D eigenvalue weighted by Crippen LogP contribution is 2.19. The third kappa shape index (κ3) is 4.01. The van der Waals surface area contributed by atoms with Gasteiger partial charge in [-0.05, 0) is 37.5 Å².